The molecule has 1 nitrogen and oxygen atoms in total. The minimum Gasteiger partial charge on any atom is -0.489 e. The van der Waals surface area contributed by atoms with Crippen molar-refractivity contribution in [2.24, 2.45) is 0 Å². The van der Waals surface area contributed by atoms with Gasteiger partial charge in [-0.05, 0) is 36.2 Å². The number of benzene rings is 2. The molecule has 0 aliphatic carbocycles. The molecule has 0 aliphatic rings. The fourth-order valence-electron chi connectivity index (χ4n) is 1.51. The summed E-state index contributed by atoms with van der Waals surface area (Å²) < 4.78 is 5.72. The summed E-state index contributed by atoms with van der Waals surface area (Å²) in [7, 11) is 0. The van der Waals surface area contributed by atoms with Crippen molar-refractivity contribution in [2.75, 3.05) is 0 Å². The SMILES string of the molecule is Cc1ccccc1OCc1cccc(Cl)c1. The first-order chi connectivity index (χ1) is 7.75. The van der Waals surface area contributed by atoms with Gasteiger partial charge in [-0.3, -0.25) is 0 Å². The summed E-state index contributed by atoms with van der Waals surface area (Å²) in [5, 5.41) is 0.742. The first kappa shape index (κ1) is 11.0. The Kier molecular flexibility index (Phi) is 3.47. The lowest BCUT2D eigenvalue weighted by Gasteiger charge is -2.08. The van der Waals surface area contributed by atoms with E-state index >= 15 is 0 Å². The van der Waals surface area contributed by atoms with E-state index in [1.165, 1.54) is 0 Å². The lowest BCUT2D eigenvalue weighted by Crippen LogP contribution is -1.96. The molecule has 0 N–H and O–H groups in total. The fourth-order valence-corrected chi connectivity index (χ4v) is 1.72. The molecule has 0 bridgehead atoms. The molecule has 0 fully saturated rings. The molecule has 2 rings (SSSR count). The number of aryl methyl sites for hydroxylation is 1. The minimum absolute atomic E-state index is 0.547. The predicted molar refractivity (Wildman–Crippen MR) is 67.0 cm³/mol. The summed E-state index contributed by atoms with van der Waals surface area (Å²) in [6.07, 6.45) is 0. The Hall–Kier alpha value is -1.47. The average Bonchev–Trinajstić information content (AvgIpc) is 2.28. The van der Waals surface area contributed by atoms with Crippen molar-refractivity contribution in [1.82, 2.24) is 0 Å². The van der Waals surface area contributed by atoms with Gasteiger partial charge >= 0.3 is 0 Å². The molecule has 0 spiro atoms. The van der Waals surface area contributed by atoms with Crippen molar-refractivity contribution >= 4 is 11.6 Å². The summed E-state index contributed by atoms with van der Waals surface area (Å²) in [5.41, 5.74) is 2.22. The van der Waals surface area contributed by atoms with E-state index in [0.717, 1.165) is 21.9 Å². The van der Waals surface area contributed by atoms with Crippen LogP contribution in [-0.2, 0) is 6.61 Å². The summed E-state index contributed by atoms with van der Waals surface area (Å²) in [6, 6.07) is 15.7. The van der Waals surface area contributed by atoms with Gasteiger partial charge in [-0.25, -0.2) is 0 Å². The molecule has 2 heteroatoms. The molecular formula is C14H13ClO. The van der Waals surface area contributed by atoms with E-state index in [9.17, 15) is 0 Å². The monoisotopic (exact) mass is 232 g/mol. The molecule has 0 aliphatic heterocycles. The van der Waals surface area contributed by atoms with E-state index in [4.69, 9.17) is 16.3 Å². The molecular weight excluding hydrogens is 220 g/mol. The summed E-state index contributed by atoms with van der Waals surface area (Å²) in [4.78, 5) is 0. The molecule has 0 aromatic heterocycles. The van der Waals surface area contributed by atoms with Crippen LogP contribution in [0.2, 0.25) is 5.02 Å². The van der Waals surface area contributed by atoms with Crippen molar-refractivity contribution in [1.29, 1.82) is 0 Å². The Morgan fingerprint density at radius 2 is 1.88 bits per heavy atom. The molecule has 0 heterocycles. The van der Waals surface area contributed by atoms with E-state index in [1.807, 2.05) is 55.5 Å². The van der Waals surface area contributed by atoms with E-state index in [0.29, 0.717) is 6.61 Å². The predicted octanol–water partition coefficient (Wildman–Crippen LogP) is 4.23. The minimum atomic E-state index is 0.547. The van der Waals surface area contributed by atoms with Crippen molar-refractivity contribution in [3.63, 3.8) is 0 Å². The van der Waals surface area contributed by atoms with Gasteiger partial charge in [0.1, 0.15) is 12.4 Å². The van der Waals surface area contributed by atoms with Crippen LogP contribution in [0.5, 0.6) is 5.75 Å². The van der Waals surface area contributed by atoms with Crippen molar-refractivity contribution in [2.45, 2.75) is 13.5 Å². The Morgan fingerprint density at radius 1 is 1.06 bits per heavy atom. The highest BCUT2D eigenvalue weighted by Gasteiger charge is 1.99. The van der Waals surface area contributed by atoms with Crippen LogP contribution in [0.3, 0.4) is 0 Å². The molecule has 0 unspecified atom stereocenters. The Balaban J connectivity index is 2.05. The second-order valence-electron chi connectivity index (χ2n) is 3.68. The number of ether oxygens (including phenoxy) is 1. The lowest BCUT2D eigenvalue weighted by molar-refractivity contribution is 0.304. The van der Waals surface area contributed by atoms with Crippen LogP contribution in [0, 0.1) is 6.92 Å². The third-order valence-corrected chi connectivity index (χ3v) is 2.61. The maximum absolute atomic E-state index is 5.90. The molecule has 0 saturated carbocycles. The van der Waals surface area contributed by atoms with Gasteiger partial charge < -0.3 is 4.74 Å². The highest BCUT2D eigenvalue weighted by atomic mass is 35.5. The number of hydrogen-bond acceptors (Lipinski definition) is 1. The maximum Gasteiger partial charge on any atom is 0.122 e. The van der Waals surface area contributed by atoms with Crippen LogP contribution < -0.4 is 4.74 Å². The highest BCUT2D eigenvalue weighted by molar-refractivity contribution is 6.30. The van der Waals surface area contributed by atoms with E-state index in [2.05, 4.69) is 0 Å². The third-order valence-electron chi connectivity index (χ3n) is 2.38. The van der Waals surface area contributed by atoms with Crippen LogP contribution >= 0.6 is 11.6 Å². The summed E-state index contributed by atoms with van der Waals surface area (Å²) >= 11 is 5.90. The van der Waals surface area contributed by atoms with Crippen molar-refractivity contribution in [3.8, 4) is 5.75 Å². The summed E-state index contributed by atoms with van der Waals surface area (Å²) in [5.74, 6) is 0.919. The molecule has 2 aromatic carbocycles. The van der Waals surface area contributed by atoms with Gasteiger partial charge in [0, 0.05) is 5.02 Å². The number of para-hydroxylation sites is 1. The second kappa shape index (κ2) is 5.04. The Labute approximate surface area is 101 Å². The molecule has 0 atom stereocenters. The summed E-state index contributed by atoms with van der Waals surface area (Å²) in [6.45, 7) is 2.58. The lowest BCUT2D eigenvalue weighted by atomic mass is 10.2. The zero-order valence-electron chi connectivity index (χ0n) is 9.11. The molecule has 0 radical (unpaired) electrons. The zero-order valence-corrected chi connectivity index (χ0v) is 9.87. The first-order valence-corrected chi connectivity index (χ1v) is 5.56. The van der Waals surface area contributed by atoms with Crippen LogP contribution in [0.25, 0.3) is 0 Å². The highest BCUT2D eigenvalue weighted by Crippen LogP contribution is 2.18. The Bertz CT molecular complexity index is 480. The molecule has 2 aromatic rings. The van der Waals surface area contributed by atoms with E-state index < -0.39 is 0 Å². The van der Waals surface area contributed by atoms with Gasteiger partial charge in [0.25, 0.3) is 0 Å². The van der Waals surface area contributed by atoms with Gasteiger partial charge in [0.05, 0.1) is 0 Å². The molecule has 0 amide bonds. The van der Waals surface area contributed by atoms with Crippen molar-refractivity contribution < 1.29 is 4.74 Å². The largest absolute Gasteiger partial charge is 0.489 e. The number of rotatable bonds is 3. The van der Waals surface area contributed by atoms with Gasteiger partial charge in [-0.15, -0.1) is 0 Å². The first-order valence-electron chi connectivity index (χ1n) is 5.18. The normalized spacial score (nSPS) is 10.1. The molecule has 0 saturated heterocycles. The third kappa shape index (κ3) is 2.77. The van der Waals surface area contributed by atoms with Gasteiger partial charge in [-0.2, -0.15) is 0 Å². The fraction of sp³-hybridized carbons (Fsp3) is 0.143. The van der Waals surface area contributed by atoms with E-state index in [-0.39, 0.29) is 0 Å². The van der Waals surface area contributed by atoms with Gasteiger partial charge in [0.2, 0.25) is 0 Å². The average molecular weight is 233 g/mol. The number of hydrogen-bond donors (Lipinski definition) is 0. The molecule has 82 valence electrons. The van der Waals surface area contributed by atoms with Crippen molar-refractivity contribution in [3.05, 3.63) is 64.7 Å². The van der Waals surface area contributed by atoms with E-state index in [1.54, 1.807) is 0 Å². The maximum atomic E-state index is 5.90. The van der Waals surface area contributed by atoms with Crippen LogP contribution in [0.4, 0.5) is 0 Å². The topological polar surface area (TPSA) is 9.23 Å². The molecule has 16 heavy (non-hydrogen) atoms. The van der Waals surface area contributed by atoms with Crippen LogP contribution in [-0.4, -0.2) is 0 Å². The second-order valence-corrected chi connectivity index (χ2v) is 4.12. The van der Waals surface area contributed by atoms with Gasteiger partial charge in [-0.1, -0.05) is 41.9 Å². The smallest absolute Gasteiger partial charge is 0.122 e. The number of halogens is 1. The quantitative estimate of drug-likeness (QED) is 0.770. The van der Waals surface area contributed by atoms with Crippen LogP contribution in [0.15, 0.2) is 48.5 Å². The standard InChI is InChI=1S/C14H13ClO/c1-11-5-2-3-8-14(11)16-10-12-6-4-7-13(15)9-12/h2-9H,10H2,1H3. The Morgan fingerprint density at radius 3 is 2.62 bits per heavy atom. The van der Waals surface area contributed by atoms with Gasteiger partial charge in [0.15, 0.2) is 0 Å². The van der Waals surface area contributed by atoms with Crippen LogP contribution in [0.1, 0.15) is 11.1 Å². The zero-order chi connectivity index (χ0) is 11.4.